The molecule has 0 saturated carbocycles. The Bertz CT molecular complexity index is 2130. The van der Waals surface area contributed by atoms with E-state index in [1.165, 1.54) is 19.3 Å². The number of ether oxygens (including phenoxy) is 2. The first-order valence-electron chi connectivity index (χ1n) is 18.3. The summed E-state index contributed by atoms with van der Waals surface area (Å²) in [5.41, 5.74) is 9.46. The Morgan fingerprint density at radius 3 is 2.45 bits per heavy atom. The number of piperidine rings is 1. The van der Waals surface area contributed by atoms with Crippen molar-refractivity contribution >= 4 is 34.8 Å². The fraction of sp³-hybridized carbons (Fsp3) is 0.357. The molecule has 9 nitrogen and oxygen atoms in total. The number of carbonyl (C=O) groups is 1. The summed E-state index contributed by atoms with van der Waals surface area (Å²) in [7, 11) is 3.96. The molecule has 0 spiro atoms. The molecule has 1 saturated heterocycles. The summed E-state index contributed by atoms with van der Waals surface area (Å²) in [4.78, 5) is 27.1. The van der Waals surface area contributed by atoms with Crippen molar-refractivity contribution in [2.45, 2.75) is 65.8 Å². The van der Waals surface area contributed by atoms with Gasteiger partial charge in [0.2, 0.25) is 0 Å². The van der Waals surface area contributed by atoms with Crippen molar-refractivity contribution in [3.05, 3.63) is 122 Å². The molecule has 0 bridgehead atoms. The molecule has 1 fully saturated rings. The molecule has 0 aliphatic carbocycles. The third-order valence-electron chi connectivity index (χ3n) is 10.3. The molecule has 0 atom stereocenters. The van der Waals surface area contributed by atoms with Crippen molar-refractivity contribution < 1.29 is 14.3 Å². The van der Waals surface area contributed by atoms with Crippen molar-refractivity contribution in [3.63, 3.8) is 0 Å². The van der Waals surface area contributed by atoms with Gasteiger partial charge in [-0.25, -0.2) is 4.98 Å². The van der Waals surface area contributed by atoms with Gasteiger partial charge in [-0.15, -0.1) is 0 Å². The summed E-state index contributed by atoms with van der Waals surface area (Å²) in [5, 5.41) is 4.02. The van der Waals surface area contributed by atoms with Gasteiger partial charge in [0.15, 0.2) is 5.82 Å². The van der Waals surface area contributed by atoms with Crippen LogP contribution in [0.25, 0.3) is 11.1 Å². The summed E-state index contributed by atoms with van der Waals surface area (Å²) in [5.74, 6) is 1.40. The maximum Gasteiger partial charge on any atom is 0.291 e. The van der Waals surface area contributed by atoms with Crippen molar-refractivity contribution in [1.82, 2.24) is 24.3 Å². The van der Waals surface area contributed by atoms with Gasteiger partial charge < -0.3 is 24.3 Å². The number of nitrogens with one attached hydrogen (secondary N) is 1. The number of nitrogens with zero attached hydrogens (tertiary/aromatic N) is 5. The van der Waals surface area contributed by atoms with Crippen molar-refractivity contribution in [2.75, 3.05) is 32.0 Å². The number of hydrogen-bond donors (Lipinski definition) is 1. The van der Waals surface area contributed by atoms with E-state index < -0.39 is 0 Å². The molecule has 7 rings (SSSR count). The second-order valence-corrected chi connectivity index (χ2v) is 15.0. The van der Waals surface area contributed by atoms with Gasteiger partial charge >= 0.3 is 0 Å². The molecule has 53 heavy (non-hydrogen) atoms. The standard InChI is InChI=1S/C42H46Cl2N6O3/c1-27-18-29(22-45-21-27)25-52-38-20-39(34(43)19-31(38)23-50-15-6-5-7-16-50)53-26-30-10-8-11-32(28(30)2)33-12-9-13-35(40(33)44)47-42(51)41-46-36-24-48(3)17-14-37(36)49(41)4/h8-13,18-22H,5-7,14-17,23-26H2,1-4H3,(H,47,51). The molecule has 0 unspecified atom stereocenters. The maximum atomic E-state index is 13.5. The highest BCUT2D eigenvalue weighted by Gasteiger charge is 2.25. The number of anilines is 1. The second-order valence-electron chi connectivity index (χ2n) is 14.3. The molecule has 11 heteroatoms. The van der Waals surface area contributed by atoms with Crippen LogP contribution in [0.1, 0.15) is 69.1 Å². The van der Waals surface area contributed by atoms with Crippen molar-refractivity contribution in [3.8, 4) is 22.6 Å². The first kappa shape index (κ1) is 36.9. The highest BCUT2D eigenvalue weighted by Crippen LogP contribution is 2.38. The average Bonchev–Trinajstić information content (AvgIpc) is 3.47. The van der Waals surface area contributed by atoms with E-state index in [1.807, 2.05) is 79.5 Å². The number of carbonyl (C=O) groups excluding carboxylic acids is 1. The van der Waals surface area contributed by atoms with E-state index in [0.29, 0.717) is 40.5 Å². The number of aryl methyl sites for hydroxylation is 1. The summed E-state index contributed by atoms with van der Waals surface area (Å²) in [6.07, 6.45) is 8.21. The maximum absolute atomic E-state index is 13.5. The quantitative estimate of drug-likeness (QED) is 0.144. The lowest BCUT2D eigenvalue weighted by Gasteiger charge is -2.27. The molecule has 276 valence electrons. The number of aromatic nitrogens is 3. The van der Waals surface area contributed by atoms with Crippen LogP contribution in [0.3, 0.4) is 0 Å². The molecule has 2 aliphatic heterocycles. The number of likely N-dealkylation sites (tertiary alicyclic amines) is 1. The zero-order valence-corrected chi connectivity index (χ0v) is 32.4. The Balaban J connectivity index is 1.10. The van der Waals surface area contributed by atoms with Gasteiger partial charge in [0, 0.05) is 73.9 Å². The molecule has 3 aromatic carbocycles. The van der Waals surface area contributed by atoms with Crippen LogP contribution < -0.4 is 14.8 Å². The molecular formula is C42H46Cl2N6O3. The van der Waals surface area contributed by atoms with Crippen LogP contribution in [0.15, 0.2) is 67.0 Å². The number of imidazole rings is 1. The van der Waals surface area contributed by atoms with Gasteiger partial charge in [0.25, 0.3) is 5.91 Å². The lowest BCUT2D eigenvalue weighted by molar-refractivity contribution is 0.101. The van der Waals surface area contributed by atoms with Crippen LogP contribution >= 0.6 is 23.2 Å². The Morgan fingerprint density at radius 2 is 1.64 bits per heavy atom. The van der Waals surface area contributed by atoms with Crippen LogP contribution in [0.2, 0.25) is 10.0 Å². The number of hydrogen-bond acceptors (Lipinski definition) is 7. The van der Waals surface area contributed by atoms with E-state index in [2.05, 4.69) is 45.1 Å². The molecular weight excluding hydrogens is 707 g/mol. The normalized spacial score (nSPS) is 14.9. The Kier molecular flexibility index (Phi) is 11.4. The minimum absolute atomic E-state index is 0.291. The average molecular weight is 754 g/mol. The minimum Gasteiger partial charge on any atom is -0.488 e. The number of amides is 1. The summed E-state index contributed by atoms with van der Waals surface area (Å²) in [6, 6.07) is 17.7. The molecule has 2 aliphatic rings. The van der Waals surface area contributed by atoms with E-state index in [-0.39, 0.29) is 5.91 Å². The second kappa shape index (κ2) is 16.3. The Labute approximate surface area is 321 Å². The fourth-order valence-corrected chi connectivity index (χ4v) is 7.84. The molecule has 5 aromatic rings. The van der Waals surface area contributed by atoms with Crippen molar-refractivity contribution in [1.29, 1.82) is 0 Å². The predicted molar refractivity (Wildman–Crippen MR) is 211 cm³/mol. The zero-order chi connectivity index (χ0) is 37.1. The Morgan fingerprint density at radius 1 is 0.868 bits per heavy atom. The van der Waals surface area contributed by atoms with Crippen LogP contribution in [0, 0.1) is 13.8 Å². The van der Waals surface area contributed by atoms with E-state index in [4.69, 9.17) is 32.7 Å². The first-order chi connectivity index (χ1) is 25.6. The van der Waals surface area contributed by atoms with Crippen molar-refractivity contribution in [2.24, 2.45) is 7.05 Å². The third-order valence-corrected chi connectivity index (χ3v) is 11.0. The smallest absolute Gasteiger partial charge is 0.291 e. The van der Waals surface area contributed by atoms with Crippen LogP contribution in [0.5, 0.6) is 11.5 Å². The highest BCUT2D eigenvalue weighted by atomic mass is 35.5. The van der Waals surface area contributed by atoms with Gasteiger partial charge in [0.1, 0.15) is 24.7 Å². The number of halogens is 2. The largest absolute Gasteiger partial charge is 0.488 e. The monoisotopic (exact) mass is 752 g/mol. The van der Waals surface area contributed by atoms with Gasteiger partial charge in [-0.2, -0.15) is 0 Å². The summed E-state index contributed by atoms with van der Waals surface area (Å²) >= 11 is 13.9. The molecule has 1 amide bonds. The van der Waals surface area contributed by atoms with Gasteiger partial charge in [-0.05, 0) is 87.3 Å². The minimum atomic E-state index is -0.291. The lowest BCUT2D eigenvalue weighted by atomic mass is 9.96. The first-order valence-corrected chi connectivity index (χ1v) is 19.0. The van der Waals surface area contributed by atoms with E-state index >= 15 is 0 Å². The van der Waals surface area contributed by atoms with Crippen LogP contribution in [0.4, 0.5) is 5.69 Å². The van der Waals surface area contributed by atoms with E-state index in [0.717, 1.165) is 95.2 Å². The lowest BCUT2D eigenvalue weighted by Crippen LogP contribution is -2.29. The zero-order valence-electron chi connectivity index (χ0n) is 30.8. The van der Waals surface area contributed by atoms with Crippen LogP contribution in [-0.4, -0.2) is 56.9 Å². The third kappa shape index (κ3) is 8.39. The van der Waals surface area contributed by atoms with Gasteiger partial charge in [-0.1, -0.05) is 60.0 Å². The number of benzene rings is 3. The van der Waals surface area contributed by atoms with Crippen LogP contribution in [-0.2, 0) is 39.8 Å². The Hall–Kier alpha value is -4.41. The number of pyridine rings is 1. The number of fused-ring (bicyclic) bond motifs is 1. The molecule has 4 heterocycles. The number of likely N-dealkylation sites (N-methyl/N-ethyl adjacent to an activating group) is 1. The highest BCUT2D eigenvalue weighted by molar-refractivity contribution is 6.36. The summed E-state index contributed by atoms with van der Waals surface area (Å²) in [6.45, 7) is 9.33. The fourth-order valence-electron chi connectivity index (χ4n) is 7.32. The van der Waals surface area contributed by atoms with Gasteiger partial charge in [-0.3, -0.25) is 14.7 Å². The van der Waals surface area contributed by atoms with E-state index in [1.54, 1.807) is 0 Å². The predicted octanol–water partition coefficient (Wildman–Crippen LogP) is 8.79. The molecule has 1 N–H and O–H groups in total. The SMILES string of the molecule is Cc1cncc(COc2cc(OCc3cccc(-c4cccc(NC(=O)c5nc6c(n5C)CCN(C)C6)c4Cl)c3C)c(Cl)cc2CN2CCCCC2)c1. The topological polar surface area (TPSA) is 84.8 Å². The molecule has 2 aromatic heterocycles. The summed E-state index contributed by atoms with van der Waals surface area (Å²) < 4.78 is 14.7. The molecule has 0 radical (unpaired) electrons. The van der Waals surface area contributed by atoms with Gasteiger partial charge in [0.05, 0.1) is 21.4 Å². The van der Waals surface area contributed by atoms with E-state index in [9.17, 15) is 4.79 Å². The number of rotatable bonds is 11.